The quantitative estimate of drug-likeness (QED) is 0.741. The summed E-state index contributed by atoms with van der Waals surface area (Å²) in [5, 5.41) is 0.657. The van der Waals surface area contributed by atoms with E-state index >= 15 is 0 Å². The second-order valence-electron chi connectivity index (χ2n) is 4.63. The molecule has 0 bridgehead atoms. The average Bonchev–Trinajstić information content (AvgIpc) is 2.87. The first-order valence-electron chi connectivity index (χ1n) is 6.17. The molecule has 0 unspecified atom stereocenters. The largest absolute Gasteiger partial charge is 0.289 e. The van der Waals surface area contributed by atoms with Gasteiger partial charge >= 0.3 is 0 Å². The molecule has 2 aromatic carbocycles. The van der Waals surface area contributed by atoms with Crippen molar-refractivity contribution in [3.63, 3.8) is 0 Å². The summed E-state index contributed by atoms with van der Waals surface area (Å²) in [5.74, 6) is 0.102. The molecule has 1 nitrogen and oxygen atoms in total. The summed E-state index contributed by atoms with van der Waals surface area (Å²) in [7, 11) is 0. The fraction of sp³-hybridized carbons (Fsp3) is 0.188. The molecular weight excluding hydrogens is 244 g/mol. The maximum atomic E-state index is 12.5. The molecule has 0 heterocycles. The molecule has 3 rings (SSSR count). The van der Waals surface area contributed by atoms with Crippen molar-refractivity contribution >= 4 is 17.4 Å². The van der Waals surface area contributed by atoms with Gasteiger partial charge in [-0.2, -0.15) is 0 Å². The highest BCUT2D eigenvalue weighted by molar-refractivity contribution is 6.30. The van der Waals surface area contributed by atoms with Crippen LogP contribution < -0.4 is 0 Å². The predicted octanol–water partition coefficient (Wildman–Crippen LogP) is 4.06. The Morgan fingerprint density at radius 3 is 2.56 bits per heavy atom. The molecule has 0 atom stereocenters. The third-order valence-electron chi connectivity index (χ3n) is 3.50. The van der Waals surface area contributed by atoms with Crippen LogP contribution in [0.25, 0.3) is 0 Å². The van der Waals surface area contributed by atoms with Crippen LogP contribution in [0.15, 0.2) is 42.5 Å². The van der Waals surface area contributed by atoms with Gasteiger partial charge in [0.25, 0.3) is 0 Å². The summed E-state index contributed by atoms with van der Waals surface area (Å²) in [6.45, 7) is 0. The third kappa shape index (κ3) is 1.95. The molecule has 0 radical (unpaired) electrons. The fourth-order valence-electron chi connectivity index (χ4n) is 2.59. The Kier molecular flexibility index (Phi) is 2.92. The summed E-state index contributed by atoms with van der Waals surface area (Å²) in [6, 6.07) is 13.1. The van der Waals surface area contributed by atoms with Gasteiger partial charge in [0.2, 0.25) is 0 Å². The van der Waals surface area contributed by atoms with Crippen LogP contribution in [-0.4, -0.2) is 5.78 Å². The third-order valence-corrected chi connectivity index (χ3v) is 3.75. The topological polar surface area (TPSA) is 17.1 Å². The number of ketones is 1. The molecule has 90 valence electrons. The maximum absolute atomic E-state index is 12.5. The van der Waals surface area contributed by atoms with E-state index in [1.54, 1.807) is 24.3 Å². The van der Waals surface area contributed by atoms with Gasteiger partial charge in [0, 0.05) is 16.1 Å². The Balaban J connectivity index is 2.03. The van der Waals surface area contributed by atoms with Crippen molar-refractivity contribution in [1.29, 1.82) is 0 Å². The molecule has 0 saturated heterocycles. The summed E-state index contributed by atoms with van der Waals surface area (Å²) >= 11 is 5.84. The van der Waals surface area contributed by atoms with Crippen LogP contribution in [0.3, 0.4) is 0 Å². The minimum absolute atomic E-state index is 0.102. The molecular formula is C16H13ClO. The normalized spacial score (nSPS) is 13.4. The van der Waals surface area contributed by atoms with Gasteiger partial charge in [-0.15, -0.1) is 0 Å². The van der Waals surface area contributed by atoms with Crippen molar-refractivity contribution in [1.82, 2.24) is 0 Å². The van der Waals surface area contributed by atoms with Gasteiger partial charge < -0.3 is 0 Å². The Labute approximate surface area is 111 Å². The molecule has 18 heavy (non-hydrogen) atoms. The summed E-state index contributed by atoms with van der Waals surface area (Å²) < 4.78 is 0. The summed E-state index contributed by atoms with van der Waals surface area (Å²) in [4.78, 5) is 12.5. The molecule has 0 fully saturated rings. The number of hydrogen-bond donors (Lipinski definition) is 0. The smallest absolute Gasteiger partial charge is 0.193 e. The molecule has 0 aromatic heterocycles. The zero-order valence-electron chi connectivity index (χ0n) is 9.95. The number of halogens is 1. The molecule has 1 aliphatic carbocycles. The van der Waals surface area contributed by atoms with Crippen LogP contribution >= 0.6 is 11.6 Å². The zero-order chi connectivity index (χ0) is 12.5. The highest BCUT2D eigenvalue weighted by atomic mass is 35.5. The van der Waals surface area contributed by atoms with Crippen LogP contribution in [0.1, 0.15) is 33.5 Å². The second-order valence-corrected chi connectivity index (χ2v) is 5.07. The van der Waals surface area contributed by atoms with Crippen LogP contribution in [0, 0.1) is 0 Å². The number of benzene rings is 2. The summed E-state index contributed by atoms with van der Waals surface area (Å²) in [5.41, 5.74) is 4.12. The number of rotatable bonds is 2. The fourth-order valence-corrected chi connectivity index (χ4v) is 2.72. The van der Waals surface area contributed by atoms with Crippen molar-refractivity contribution in [2.45, 2.75) is 19.3 Å². The lowest BCUT2D eigenvalue weighted by Crippen LogP contribution is -2.05. The van der Waals surface area contributed by atoms with Gasteiger partial charge in [-0.25, -0.2) is 0 Å². The summed E-state index contributed by atoms with van der Waals surface area (Å²) in [6.07, 6.45) is 3.27. The molecule has 0 amide bonds. The van der Waals surface area contributed by atoms with Crippen molar-refractivity contribution in [3.05, 3.63) is 69.7 Å². The standard InChI is InChI=1S/C16H13ClO/c17-13-9-7-12(8-10-13)16(18)15-6-2-4-11-3-1-5-14(11)15/h2,4,6-10H,1,3,5H2. The Bertz CT molecular complexity index is 599. The molecule has 0 spiro atoms. The predicted molar refractivity (Wildman–Crippen MR) is 73.4 cm³/mol. The van der Waals surface area contributed by atoms with E-state index in [1.807, 2.05) is 12.1 Å². The SMILES string of the molecule is O=C(c1ccc(Cl)cc1)c1cccc2c1CCC2. The van der Waals surface area contributed by atoms with E-state index in [0.29, 0.717) is 10.6 Å². The molecule has 0 aliphatic heterocycles. The number of hydrogen-bond acceptors (Lipinski definition) is 1. The Hall–Kier alpha value is -1.60. The van der Waals surface area contributed by atoms with Gasteiger partial charge in [0.05, 0.1) is 0 Å². The minimum atomic E-state index is 0.102. The number of aryl methyl sites for hydroxylation is 1. The molecule has 2 heteroatoms. The van der Waals surface area contributed by atoms with E-state index in [1.165, 1.54) is 11.1 Å². The monoisotopic (exact) mass is 256 g/mol. The maximum Gasteiger partial charge on any atom is 0.193 e. The number of carbonyl (C=O) groups excluding carboxylic acids is 1. The average molecular weight is 257 g/mol. The van der Waals surface area contributed by atoms with Crippen molar-refractivity contribution in [3.8, 4) is 0 Å². The van der Waals surface area contributed by atoms with Gasteiger partial charge in [-0.1, -0.05) is 29.8 Å². The van der Waals surface area contributed by atoms with Crippen molar-refractivity contribution < 1.29 is 4.79 Å². The lowest BCUT2D eigenvalue weighted by Gasteiger charge is -2.07. The number of carbonyl (C=O) groups is 1. The Morgan fingerprint density at radius 1 is 1.00 bits per heavy atom. The van der Waals surface area contributed by atoms with Crippen LogP contribution in [0.4, 0.5) is 0 Å². The highest BCUT2D eigenvalue weighted by Gasteiger charge is 2.19. The van der Waals surface area contributed by atoms with Gasteiger partial charge in [-0.3, -0.25) is 4.79 Å². The van der Waals surface area contributed by atoms with E-state index in [0.717, 1.165) is 24.8 Å². The van der Waals surface area contributed by atoms with Crippen LogP contribution in [-0.2, 0) is 12.8 Å². The lowest BCUT2D eigenvalue weighted by molar-refractivity contribution is 0.103. The second kappa shape index (κ2) is 4.58. The van der Waals surface area contributed by atoms with Gasteiger partial charge in [0.15, 0.2) is 5.78 Å². The molecule has 1 aliphatic rings. The molecule has 0 N–H and O–H groups in total. The first-order chi connectivity index (χ1) is 8.75. The van der Waals surface area contributed by atoms with E-state index < -0.39 is 0 Å². The molecule has 0 saturated carbocycles. The number of fused-ring (bicyclic) bond motifs is 1. The Morgan fingerprint density at radius 2 is 1.78 bits per heavy atom. The van der Waals surface area contributed by atoms with Crippen LogP contribution in [0.2, 0.25) is 5.02 Å². The van der Waals surface area contributed by atoms with Crippen LogP contribution in [0.5, 0.6) is 0 Å². The minimum Gasteiger partial charge on any atom is -0.289 e. The van der Waals surface area contributed by atoms with E-state index in [2.05, 4.69) is 6.07 Å². The first-order valence-corrected chi connectivity index (χ1v) is 6.54. The molecule has 2 aromatic rings. The van der Waals surface area contributed by atoms with E-state index in [9.17, 15) is 4.79 Å². The first kappa shape index (κ1) is 11.5. The van der Waals surface area contributed by atoms with Crippen molar-refractivity contribution in [2.75, 3.05) is 0 Å². The highest BCUT2D eigenvalue weighted by Crippen LogP contribution is 2.27. The van der Waals surface area contributed by atoms with E-state index in [-0.39, 0.29) is 5.78 Å². The van der Waals surface area contributed by atoms with Gasteiger partial charge in [0.1, 0.15) is 0 Å². The van der Waals surface area contributed by atoms with Crippen molar-refractivity contribution in [2.24, 2.45) is 0 Å². The van der Waals surface area contributed by atoms with Gasteiger partial charge in [-0.05, 0) is 54.7 Å². The van der Waals surface area contributed by atoms with E-state index in [4.69, 9.17) is 11.6 Å². The lowest BCUT2D eigenvalue weighted by atomic mass is 9.96. The zero-order valence-corrected chi connectivity index (χ0v) is 10.7.